The molecule has 1 aliphatic heterocycles. The second kappa shape index (κ2) is 6.99. The molecule has 2 unspecified atom stereocenters. The first-order chi connectivity index (χ1) is 13.0. The summed E-state index contributed by atoms with van der Waals surface area (Å²) in [5, 5.41) is 2.89. The molecule has 0 spiro atoms. The van der Waals surface area contributed by atoms with Crippen molar-refractivity contribution in [2.75, 3.05) is 11.9 Å². The molecule has 1 N–H and O–H groups in total. The van der Waals surface area contributed by atoms with Crippen molar-refractivity contribution < 1.29 is 14.3 Å². The van der Waals surface area contributed by atoms with Crippen LogP contribution in [0.5, 0.6) is 0 Å². The van der Waals surface area contributed by atoms with Gasteiger partial charge in [0.15, 0.2) is 0 Å². The van der Waals surface area contributed by atoms with Crippen LogP contribution in [0, 0.1) is 11.3 Å². The molecule has 5 nitrogen and oxygen atoms in total. The largest absolute Gasteiger partial charge is 0.465 e. The van der Waals surface area contributed by atoms with Gasteiger partial charge < -0.3 is 10.1 Å². The number of cyclic esters (lactones) is 1. The molecule has 4 rings (SSSR count). The van der Waals surface area contributed by atoms with E-state index in [-0.39, 0.29) is 24.2 Å². The molecule has 1 aliphatic carbocycles. The van der Waals surface area contributed by atoms with E-state index in [1.807, 2.05) is 42.5 Å². The number of carbonyl (C=O) groups is 2. The normalized spacial score (nSPS) is 23.8. The van der Waals surface area contributed by atoms with Gasteiger partial charge in [0.25, 0.3) is 0 Å². The lowest BCUT2D eigenvalue weighted by Gasteiger charge is -2.24. The van der Waals surface area contributed by atoms with Crippen LogP contribution >= 0.6 is 0 Å². The summed E-state index contributed by atoms with van der Waals surface area (Å²) < 4.78 is 5.33. The molecule has 2 heterocycles. The van der Waals surface area contributed by atoms with Crippen LogP contribution < -0.4 is 5.32 Å². The summed E-state index contributed by atoms with van der Waals surface area (Å²) in [6.07, 6.45) is 4.14. The highest BCUT2D eigenvalue weighted by atomic mass is 16.5. The van der Waals surface area contributed by atoms with Gasteiger partial charge in [-0.25, -0.2) is 0 Å². The number of anilines is 1. The number of nitrogens with zero attached hydrogens (tertiary/aromatic N) is 1. The standard InChI is InChI=1S/C22H22N2O3/c1-15-10-17-14-27-21(26)22(17,12-15)13-16-5-7-18(8-6-16)24-20(25)11-19-4-2-3-9-23-19/h2-9,17H,1,10-14H2,(H,24,25). The third-order valence-corrected chi connectivity index (χ3v) is 5.53. The summed E-state index contributed by atoms with van der Waals surface area (Å²) >= 11 is 0. The van der Waals surface area contributed by atoms with Crippen LogP contribution in [0.2, 0.25) is 0 Å². The lowest BCUT2D eigenvalue weighted by molar-refractivity contribution is -0.146. The minimum Gasteiger partial charge on any atom is -0.465 e. The molecule has 138 valence electrons. The maximum Gasteiger partial charge on any atom is 0.313 e. The van der Waals surface area contributed by atoms with E-state index in [2.05, 4.69) is 16.9 Å². The van der Waals surface area contributed by atoms with Gasteiger partial charge >= 0.3 is 5.97 Å². The Labute approximate surface area is 158 Å². The molecule has 2 atom stereocenters. The lowest BCUT2D eigenvalue weighted by atomic mass is 9.75. The van der Waals surface area contributed by atoms with E-state index in [1.54, 1.807) is 6.20 Å². The quantitative estimate of drug-likeness (QED) is 0.654. The van der Waals surface area contributed by atoms with Gasteiger partial charge in [-0.3, -0.25) is 14.6 Å². The maximum atomic E-state index is 12.4. The Hall–Kier alpha value is -2.95. The predicted octanol–water partition coefficient (Wildman–Crippen LogP) is 3.31. The summed E-state index contributed by atoms with van der Waals surface area (Å²) in [7, 11) is 0. The van der Waals surface area contributed by atoms with E-state index in [9.17, 15) is 9.59 Å². The van der Waals surface area contributed by atoms with Crippen LogP contribution in [-0.2, 0) is 27.2 Å². The van der Waals surface area contributed by atoms with Crippen LogP contribution in [0.15, 0.2) is 60.8 Å². The first-order valence-corrected chi connectivity index (χ1v) is 9.18. The Morgan fingerprint density at radius 3 is 2.81 bits per heavy atom. The van der Waals surface area contributed by atoms with Crippen LogP contribution in [0.1, 0.15) is 24.1 Å². The fourth-order valence-electron chi connectivity index (χ4n) is 4.21. The number of hydrogen-bond donors (Lipinski definition) is 1. The van der Waals surface area contributed by atoms with Crippen molar-refractivity contribution in [1.29, 1.82) is 0 Å². The first-order valence-electron chi connectivity index (χ1n) is 9.18. The summed E-state index contributed by atoms with van der Waals surface area (Å²) in [4.78, 5) is 28.7. The van der Waals surface area contributed by atoms with Gasteiger partial charge in [-0.05, 0) is 49.1 Å². The molecule has 2 aliphatic rings. The van der Waals surface area contributed by atoms with Gasteiger partial charge in [-0.15, -0.1) is 0 Å². The molecule has 0 radical (unpaired) electrons. The number of rotatable bonds is 5. The number of fused-ring (bicyclic) bond motifs is 1. The topological polar surface area (TPSA) is 68.3 Å². The van der Waals surface area contributed by atoms with Crippen LogP contribution in [0.3, 0.4) is 0 Å². The second-order valence-electron chi connectivity index (χ2n) is 7.50. The van der Waals surface area contributed by atoms with E-state index < -0.39 is 5.41 Å². The van der Waals surface area contributed by atoms with Crippen molar-refractivity contribution in [3.63, 3.8) is 0 Å². The smallest absolute Gasteiger partial charge is 0.313 e. The highest BCUT2D eigenvalue weighted by molar-refractivity contribution is 5.92. The van der Waals surface area contributed by atoms with Gasteiger partial charge in [0.05, 0.1) is 18.4 Å². The Kier molecular flexibility index (Phi) is 4.52. The Morgan fingerprint density at radius 1 is 1.26 bits per heavy atom. The van der Waals surface area contributed by atoms with Gasteiger partial charge in [0, 0.05) is 23.5 Å². The number of benzene rings is 1. The summed E-state index contributed by atoms with van der Waals surface area (Å²) in [6.45, 7) is 4.58. The Balaban J connectivity index is 1.41. The number of aromatic nitrogens is 1. The number of nitrogens with one attached hydrogen (secondary N) is 1. The van der Waals surface area contributed by atoms with Crippen molar-refractivity contribution in [2.45, 2.75) is 25.7 Å². The molecular weight excluding hydrogens is 340 g/mol. The lowest BCUT2D eigenvalue weighted by Crippen LogP contribution is -2.31. The van der Waals surface area contributed by atoms with Crippen molar-refractivity contribution >= 4 is 17.6 Å². The average Bonchev–Trinajstić information content (AvgIpc) is 3.12. The molecule has 1 aromatic carbocycles. The molecule has 1 saturated heterocycles. The summed E-state index contributed by atoms with van der Waals surface area (Å²) in [6, 6.07) is 13.2. The van der Waals surface area contributed by atoms with E-state index in [4.69, 9.17) is 4.74 Å². The van der Waals surface area contributed by atoms with Gasteiger partial charge in [-0.2, -0.15) is 0 Å². The van der Waals surface area contributed by atoms with E-state index >= 15 is 0 Å². The van der Waals surface area contributed by atoms with Crippen LogP contribution in [0.25, 0.3) is 0 Å². The highest BCUT2D eigenvalue weighted by Gasteiger charge is 2.55. The third kappa shape index (κ3) is 3.50. The Morgan fingerprint density at radius 2 is 2.07 bits per heavy atom. The van der Waals surface area contributed by atoms with E-state index in [1.165, 1.54) is 0 Å². The predicted molar refractivity (Wildman–Crippen MR) is 102 cm³/mol. The van der Waals surface area contributed by atoms with Crippen molar-refractivity contribution in [1.82, 2.24) is 4.98 Å². The summed E-state index contributed by atoms with van der Waals surface area (Å²) in [5.74, 6) is 0.0284. The minimum atomic E-state index is -0.458. The van der Waals surface area contributed by atoms with Gasteiger partial charge in [-0.1, -0.05) is 30.4 Å². The zero-order chi connectivity index (χ0) is 18.9. The minimum absolute atomic E-state index is 0.0982. The maximum absolute atomic E-state index is 12.4. The molecule has 1 amide bonds. The fourth-order valence-corrected chi connectivity index (χ4v) is 4.21. The van der Waals surface area contributed by atoms with Crippen LogP contribution in [0.4, 0.5) is 5.69 Å². The zero-order valence-electron chi connectivity index (χ0n) is 15.1. The first kappa shape index (κ1) is 17.5. The number of hydrogen-bond acceptors (Lipinski definition) is 4. The summed E-state index contributed by atoms with van der Waals surface area (Å²) in [5.41, 5.74) is 3.21. The third-order valence-electron chi connectivity index (χ3n) is 5.53. The van der Waals surface area contributed by atoms with Crippen molar-refractivity contribution in [3.8, 4) is 0 Å². The highest BCUT2D eigenvalue weighted by Crippen LogP contribution is 2.52. The second-order valence-corrected chi connectivity index (χ2v) is 7.50. The number of pyridine rings is 1. The Bertz CT molecular complexity index is 876. The van der Waals surface area contributed by atoms with Gasteiger partial charge in [0.2, 0.25) is 5.91 Å². The fraction of sp³-hybridized carbons (Fsp3) is 0.318. The monoisotopic (exact) mass is 362 g/mol. The average molecular weight is 362 g/mol. The van der Waals surface area contributed by atoms with Crippen molar-refractivity contribution in [3.05, 3.63) is 72.1 Å². The zero-order valence-corrected chi connectivity index (χ0v) is 15.1. The molecule has 2 fully saturated rings. The number of esters is 1. The molecule has 5 heteroatoms. The molecule has 27 heavy (non-hydrogen) atoms. The molecule has 1 aromatic heterocycles. The van der Waals surface area contributed by atoms with E-state index in [0.717, 1.165) is 28.9 Å². The molecule has 0 bridgehead atoms. The molecule has 2 aromatic rings. The number of allylic oxidation sites excluding steroid dienone is 1. The SMILES string of the molecule is C=C1CC2COC(=O)C2(Cc2ccc(NC(=O)Cc3ccccn3)cc2)C1. The number of carbonyl (C=O) groups excluding carboxylic acids is 2. The van der Waals surface area contributed by atoms with Crippen molar-refractivity contribution in [2.24, 2.45) is 11.3 Å². The number of ether oxygens (including phenoxy) is 1. The number of amides is 1. The molecular formula is C22H22N2O3. The van der Waals surface area contributed by atoms with E-state index in [0.29, 0.717) is 19.4 Å². The molecule has 1 saturated carbocycles. The van der Waals surface area contributed by atoms with Gasteiger partial charge in [0.1, 0.15) is 0 Å². The van der Waals surface area contributed by atoms with Crippen LogP contribution in [-0.4, -0.2) is 23.5 Å².